The minimum absolute atomic E-state index is 0.523. The van der Waals surface area contributed by atoms with Gasteiger partial charge in [-0.25, -0.2) is 4.39 Å². The molecule has 2 nitrogen and oxygen atoms in total. The number of carbonyl (C=O) groups excluding carboxylic acids is 1. The third-order valence-corrected chi connectivity index (χ3v) is 1.88. The number of hydrogen-bond acceptors (Lipinski definition) is 1. The number of halogens is 1. The number of aryl methyl sites for hydroxylation is 1. The number of benzene rings is 1. The summed E-state index contributed by atoms with van der Waals surface area (Å²) in [6.07, 6.45) is 0. The van der Waals surface area contributed by atoms with Gasteiger partial charge >= 0.3 is 0 Å². The highest BCUT2D eigenvalue weighted by atomic mass is 19.1. The molecule has 0 bridgehead atoms. The Bertz CT molecular complexity index is 312. The lowest BCUT2D eigenvalue weighted by Gasteiger charge is -2.15. The molecule has 0 aromatic heterocycles. The van der Waals surface area contributed by atoms with Crippen molar-refractivity contribution in [2.75, 3.05) is 18.6 Å². The highest BCUT2D eigenvalue weighted by Gasteiger charge is 2.09. The van der Waals surface area contributed by atoms with Crippen LogP contribution in [0.4, 0.5) is 10.1 Å². The summed E-state index contributed by atoms with van der Waals surface area (Å²) in [7, 11) is 1.57. The Kier molecular flexibility index (Phi) is 3.01. The molecule has 1 amide bonds. The number of carbonyl (C=O) groups is 1. The van der Waals surface area contributed by atoms with Crippen molar-refractivity contribution in [2.24, 2.45) is 0 Å². The minimum Gasteiger partial charge on any atom is -0.313 e. The third-order valence-electron chi connectivity index (χ3n) is 1.88. The van der Waals surface area contributed by atoms with Crippen LogP contribution in [-0.2, 0) is 4.79 Å². The topological polar surface area (TPSA) is 20.3 Å². The van der Waals surface area contributed by atoms with Gasteiger partial charge in [-0.15, -0.1) is 0 Å². The molecule has 0 saturated heterocycles. The first-order valence-electron chi connectivity index (χ1n) is 4.04. The standard InChI is InChI=1S/C10H12FNO/c1-8-4-3-5-9(6-8)12(2)10(13)7-11/h3-6H,7H2,1-2H3. The van der Waals surface area contributed by atoms with Crippen molar-refractivity contribution in [3.05, 3.63) is 29.8 Å². The van der Waals surface area contributed by atoms with E-state index in [1.165, 1.54) is 4.90 Å². The van der Waals surface area contributed by atoms with Crippen molar-refractivity contribution in [2.45, 2.75) is 6.92 Å². The zero-order valence-electron chi connectivity index (χ0n) is 7.75. The van der Waals surface area contributed by atoms with Crippen LogP contribution in [0, 0.1) is 6.92 Å². The molecule has 0 unspecified atom stereocenters. The second-order valence-electron chi connectivity index (χ2n) is 2.93. The molecule has 13 heavy (non-hydrogen) atoms. The lowest BCUT2D eigenvalue weighted by atomic mass is 10.2. The van der Waals surface area contributed by atoms with Gasteiger partial charge in [0, 0.05) is 12.7 Å². The first kappa shape index (κ1) is 9.71. The van der Waals surface area contributed by atoms with Gasteiger partial charge in [0.05, 0.1) is 0 Å². The predicted molar refractivity (Wildman–Crippen MR) is 50.6 cm³/mol. The van der Waals surface area contributed by atoms with Crippen LogP contribution < -0.4 is 4.90 Å². The number of amides is 1. The van der Waals surface area contributed by atoms with E-state index in [1.54, 1.807) is 13.1 Å². The molecule has 1 rings (SSSR count). The van der Waals surface area contributed by atoms with Crippen molar-refractivity contribution in [1.29, 1.82) is 0 Å². The molecule has 3 heteroatoms. The zero-order valence-corrected chi connectivity index (χ0v) is 7.75. The van der Waals surface area contributed by atoms with E-state index in [2.05, 4.69) is 0 Å². The SMILES string of the molecule is Cc1cccc(N(C)C(=O)CF)c1. The smallest absolute Gasteiger partial charge is 0.258 e. The van der Waals surface area contributed by atoms with Crippen molar-refractivity contribution in [3.8, 4) is 0 Å². The van der Waals surface area contributed by atoms with Gasteiger partial charge in [0.1, 0.15) is 0 Å². The molecular weight excluding hydrogens is 169 g/mol. The van der Waals surface area contributed by atoms with E-state index < -0.39 is 12.6 Å². The molecule has 0 aliphatic heterocycles. The number of rotatable bonds is 2. The van der Waals surface area contributed by atoms with Crippen molar-refractivity contribution in [1.82, 2.24) is 0 Å². The second-order valence-corrected chi connectivity index (χ2v) is 2.93. The lowest BCUT2D eigenvalue weighted by Crippen LogP contribution is -2.27. The monoisotopic (exact) mass is 181 g/mol. The highest BCUT2D eigenvalue weighted by Crippen LogP contribution is 2.14. The Morgan fingerprint density at radius 3 is 2.77 bits per heavy atom. The van der Waals surface area contributed by atoms with Crippen molar-refractivity contribution < 1.29 is 9.18 Å². The third kappa shape index (κ3) is 2.28. The Labute approximate surface area is 77.0 Å². The van der Waals surface area contributed by atoms with Gasteiger partial charge in [-0.2, -0.15) is 0 Å². The molecule has 0 heterocycles. The summed E-state index contributed by atoms with van der Waals surface area (Å²) >= 11 is 0. The molecule has 70 valence electrons. The molecule has 0 saturated carbocycles. The molecule has 0 radical (unpaired) electrons. The van der Waals surface area contributed by atoms with Gasteiger partial charge in [0.25, 0.3) is 5.91 Å². The predicted octanol–water partition coefficient (Wildman–Crippen LogP) is 1.93. The Morgan fingerprint density at radius 1 is 1.54 bits per heavy atom. The summed E-state index contributed by atoms with van der Waals surface area (Å²) in [6.45, 7) is 0.974. The van der Waals surface area contributed by atoms with Crippen LogP contribution in [0.25, 0.3) is 0 Å². The molecule has 1 aromatic rings. The summed E-state index contributed by atoms with van der Waals surface area (Å²) in [5.41, 5.74) is 1.78. The quantitative estimate of drug-likeness (QED) is 0.682. The van der Waals surface area contributed by atoms with E-state index >= 15 is 0 Å². The molecule has 0 N–H and O–H groups in total. The fourth-order valence-electron chi connectivity index (χ4n) is 1.07. The summed E-state index contributed by atoms with van der Waals surface area (Å²) in [6, 6.07) is 7.39. The highest BCUT2D eigenvalue weighted by molar-refractivity contribution is 5.93. The van der Waals surface area contributed by atoms with E-state index in [-0.39, 0.29) is 0 Å². The number of alkyl halides is 1. The average molecular weight is 181 g/mol. The Balaban J connectivity index is 2.88. The van der Waals surface area contributed by atoms with Gasteiger partial charge in [-0.05, 0) is 24.6 Å². The Morgan fingerprint density at radius 2 is 2.23 bits per heavy atom. The van der Waals surface area contributed by atoms with Crippen LogP contribution in [0.2, 0.25) is 0 Å². The normalized spacial score (nSPS) is 9.77. The van der Waals surface area contributed by atoms with Crippen LogP contribution in [0.5, 0.6) is 0 Å². The first-order valence-corrected chi connectivity index (χ1v) is 4.04. The molecule has 0 aliphatic rings. The number of nitrogens with zero attached hydrogens (tertiary/aromatic N) is 1. The van der Waals surface area contributed by atoms with Crippen molar-refractivity contribution >= 4 is 11.6 Å². The van der Waals surface area contributed by atoms with E-state index in [9.17, 15) is 9.18 Å². The van der Waals surface area contributed by atoms with Gasteiger partial charge in [0.2, 0.25) is 0 Å². The maximum absolute atomic E-state index is 12.0. The molecule has 0 atom stereocenters. The van der Waals surface area contributed by atoms with E-state index in [1.807, 2.05) is 25.1 Å². The lowest BCUT2D eigenvalue weighted by molar-refractivity contribution is -0.119. The number of hydrogen-bond donors (Lipinski definition) is 0. The molecular formula is C10H12FNO. The van der Waals surface area contributed by atoms with Crippen LogP contribution in [0.15, 0.2) is 24.3 Å². The molecule has 0 spiro atoms. The first-order chi connectivity index (χ1) is 6.15. The van der Waals surface area contributed by atoms with Gasteiger partial charge in [-0.3, -0.25) is 4.79 Å². The second kappa shape index (κ2) is 4.03. The van der Waals surface area contributed by atoms with Crippen LogP contribution in [0.3, 0.4) is 0 Å². The van der Waals surface area contributed by atoms with Gasteiger partial charge < -0.3 is 4.90 Å². The summed E-state index contributed by atoms with van der Waals surface area (Å²) in [4.78, 5) is 12.3. The van der Waals surface area contributed by atoms with E-state index in [0.717, 1.165) is 11.3 Å². The fourth-order valence-corrected chi connectivity index (χ4v) is 1.07. The molecule has 0 aliphatic carbocycles. The summed E-state index contributed by atoms with van der Waals surface area (Å²) in [5, 5.41) is 0. The van der Waals surface area contributed by atoms with E-state index in [4.69, 9.17) is 0 Å². The van der Waals surface area contributed by atoms with Crippen LogP contribution in [-0.4, -0.2) is 19.6 Å². The van der Waals surface area contributed by atoms with Gasteiger partial charge in [-0.1, -0.05) is 12.1 Å². The van der Waals surface area contributed by atoms with Crippen LogP contribution >= 0.6 is 0 Å². The molecule has 1 aromatic carbocycles. The van der Waals surface area contributed by atoms with E-state index in [0.29, 0.717) is 0 Å². The maximum Gasteiger partial charge on any atom is 0.258 e. The summed E-state index contributed by atoms with van der Waals surface area (Å²) < 4.78 is 12.0. The van der Waals surface area contributed by atoms with Crippen molar-refractivity contribution in [3.63, 3.8) is 0 Å². The fraction of sp³-hybridized carbons (Fsp3) is 0.300. The number of anilines is 1. The maximum atomic E-state index is 12.0. The van der Waals surface area contributed by atoms with Gasteiger partial charge in [0.15, 0.2) is 6.67 Å². The average Bonchev–Trinajstić information content (AvgIpc) is 2.15. The van der Waals surface area contributed by atoms with Crippen LogP contribution in [0.1, 0.15) is 5.56 Å². The zero-order chi connectivity index (χ0) is 9.84. The minimum atomic E-state index is -0.954. The largest absolute Gasteiger partial charge is 0.313 e. The molecule has 0 fully saturated rings. The Hall–Kier alpha value is -1.38. The summed E-state index contributed by atoms with van der Waals surface area (Å²) in [5.74, 6) is -0.523.